The largest absolute Gasteiger partial charge is 0.380 e. The lowest BCUT2D eigenvalue weighted by Gasteiger charge is -2.10. The number of amides is 1. The van der Waals surface area contributed by atoms with Gasteiger partial charge in [-0.05, 0) is 28.8 Å². The quantitative estimate of drug-likeness (QED) is 0.718. The maximum absolute atomic E-state index is 12.0. The van der Waals surface area contributed by atoms with E-state index in [2.05, 4.69) is 5.32 Å². The Balaban J connectivity index is 1.77. The molecule has 0 radical (unpaired) electrons. The van der Waals surface area contributed by atoms with E-state index in [1.165, 1.54) is 11.8 Å². The predicted molar refractivity (Wildman–Crippen MR) is 102 cm³/mol. The number of carbonyl (C=O) groups is 1. The third-order valence-corrected chi connectivity index (χ3v) is 4.97. The minimum absolute atomic E-state index is 0.00249. The molecule has 0 saturated heterocycles. The molecule has 24 heavy (non-hydrogen) atoms. The van der Waals surface area contributed by atoms with Crippen LogP contribution in [0, 0.1) is 0 Å². The average molecular weight is 384 g/mol. The van der Waals surface area contributed by atoms with Gasteiger partial charge in [-0.2, -0.15) is 0 Å². The Kier molecular flexibility index (Phi) is 7.92. The van der Waals surface area contributed by atoms with Gasteiger partial charge >= 0.3 is 0 Å². The number of hydrogen-bond acceptors (Lipinski definition) is 3. The molecular weight excluding hydrogens is 365 g/mol. The van der Waals surface area contributed by atoms with Gasteiger partial charge in [0.15, 0.2) is 0 Å². The van der Waals surface area contributed by atoms with E-state index in [1.807, 2.05) is 30.3 Å². The fourth-order valence-electron chi connectivity index (χ4n) is 2.16. The number of thioether (sulfide) groups is 1. The summed E-state index contributed by atoms with van der Waals surface area (Å²) in [6.07, 6.45) is 0. The minimum Gasteiger partial charge on any atom is -0.380 e. The lowest BCUT2D eigenvalue weighted by molar-refractivity contribution is -0.118. The number of nitrogens with one attached hydrogen (secondary N) is 1. The highest BCUT2D eigenvalue weighted by molar-refractivity contribution is 7.99. The van der Waals surface area contributed by atoms with Gasteiger partial charge in [0.2, 0.25) is 5.91 Å². The maximum Gasteiger partial charge on any atom is 0.230 e. The number of hydrogen-bond donors (Lipinski definition) is 1. The summed E-state index contributed by atoms with van der Waals surface area (Å²) in [5.74, 6) is 1.05. The molecular formula is C18H19Cl2NO2S. The number of benzene rings is 2. The van der Waals surface area contributed by atoms with Gasteiger partial charge in [-0.3, -0.25) is 4.79 Å². The van der Waals surface area contributed by atoms with Gasteiger partial charge in [0.25, 0.3) is 0 Å². The monoisotopic (exact) mass is 383 g/mol. The van der Waals surface area contributed by atoms with Gasteiger partial charge in [-0.15, -0.1) is 11.8 Å². The number of rotatable bonds is 8. The first-order chi connectivity index (χ1) is 11.6. The predicted octanol–water partition coefficient (Wildman–Crippen LogP) is 4.69. The average Bonchev–Trinajstić information content (AvgIpc) is 2.56. The molecule has 2 aromatic carbocycles. The zero-order valence-corrected chi connectivity index (χ0v) is 15.7. The van der Waals surface area contributed by atoms with Crippen LogP contribution in [-0.2, 0) is 28.4 Å². The van der Waals surface area contributed by atoms with Gasteiger partial charge < -0.3 is 10.1 Å². The van der Waals surface area contributed by atoms with Crippen molar-refractivity contribution in [3.63, 3.8) is 0 Å². The van der Waals surface area contributed by atoms with Crippen molar-refractivity contribution in [1.82, 2.24) is 5.32 Å². The molecule has 0 aliphatic heterocycles. The maximum atomic E-state index is 12.0. The summed E-state index contributed by atoms with van der Waals surface area (Å²) < 4.78 is 5.17. The van der Waals surface area contributed by atoms with Crippen LogP contribution >= 0.6 is 35.0 Å². The first-order valence-electron chi connectivity index (χ1n) is 7.44. The van der Waals surface area contributed by atoms with Crippen molar-refractivity contribution in [1.29, 1.82) is 0 Å². The molecule has 0 saturated carbocycles. The Bertz CT molecular complexity index is 694. The van der Waals surface area contributed by atoms with Crippen molar-refractivity contribution >= 4 is 40.9 Å². The fourth-order valence-corrected chi connectivity index (χ4v) is 3.58. The third-order valence-electron chi connectivity index (χ3n) is 3.40. The number of carbonyl (C=O) groups excluding carboxylic acids is 1. The molecule has 0 fully saturated rings. The van der Waals surface area contributed by atoms with Crippen LogP contribution in [0.2, 0.25) is 10.0 Å². The summed E-state index contributed by atoms with van der Waals surface area (Å²) in [6, 6.07) is 13.3. The van der Waals surface area contributed by atoms with Crippen LogP contribution in [0.3, 0.4) is 0 Å². The molecule has 0 aliphatic carbocycles. The highest BCUT2D eigenvalue weighted by Gasteiger charge is 2.07. The van der Waals surface area contributed by atoms with Gasteiger partial charge in [-0.25, -0.2) is 0 Å². The SMILES string of the molecule is COCc1ccccc1CNC(=O)CSCc1ccc(Cl)cc1Cl. The molecule has 0 aliphatic rings. The summed E-state index contributed by atoms with van der Waals surface area (Å²) in [4.78, 5) is 12.0. The van der Waals surface area contributed by atoms with E-state index in [9.17, 15) is 4.79 Å². The summed E-state index contributed by atoms with van der Waals surface area (Å²) in [7, 11) is 1.66. The van der Waals surface area contributed by atoms with Crippen LogP contribution in [-0.4, -0.2) is 18.8 Å². The summed E-state index contributed by atoms with van der Waals surface area (Å²) >= 11 is 13.5. The first-order valence-corrected chi connectivity index (χ1v) is 9.35. The van der Waals surface area contributed by atoms with Crippen molar-refractivity contribution in [3.8, 4) is 0 Å². The number of halogens is 2. The highest BCUT2D eigenvalue weighted by Crippen LogP contribution is 2.24. The molecule has 6 heteroatoms. The van der Waals surface area contributed by atoms with Gasteiger partial charge in [0.1, 0.15) is 0 Å². The van der Waals surface area contributed by atoms with Gasteiger partial charge in [0, 0.05) is 29.5 Å². The fraction of sp³-hybridized carbons (Fsp3) is 0.278. The molecule has 1 amide bonds. The van der Waals surface area contributed by atoms with Gasteiger partial charge in [-0.1, -0.05) is 53.5 Å². The zero-order valence-electron chi connectivity index (χ0n) is 13.4. The van der Waals surface area contributed by atoms with Crippen LogP contribution in [0.1, 0.15) is 16.7 Å². The molecule has 0 heterocycles. The van der Waals surface area contributed by atoms with Crippen LogP contribution in [0.15, 0.2) is 42.5 Å². The smallest absolute Gasteiger partial charge is 0.230 e. The molecule has 0 bridgehead atoms. The van der Waals surface area contributed by atoms with Crippen molar-refractivity contribution in [2.24, 2.45) is 0 Å². The van der Waals surface area contributed by atoms with Crippen molar-refractivity contribution in [2.75, 3.05) is 12.9 Å². The molecule has 0 aromatic heterocycles. The van der Waals surface area contributed by atoms with E-state index < -0.39 is 0 Å². The van der Waals surface area contributed by atoms with Crippen molar-refractivity contribution < 1.29 is 9.53 Å². The minimum atomic E-state index is -0.00249. The second-order valence-electron chi connectivity index (χ2n) is 5.21. The van der Waals surface area contributed by atoms with E-state index >= 15 is 0 Å². The number of ether oxygens (including phenoxy) is 1. The number of methoxy groups -OCH3 is 1. The van der Waals surface area contributed by atoms with E-state index in [0.717, 1.165) is 16.7 Å². The van der Waals surface area contributed by atoms with E-state index in [4.69, 9.17) is 27.9 Å². The Morgan fingerprint density at radius 3 is 2.58 bits per heavy atom. The third kappa shape index (κ3) is 6.02. The second kappa shape index (κ2) is 9.94. The second-order valence-corrected chi connectivity index (χ2v) is 7.04. The van der Waals surface area contributed by atoms with E-state index in [-0.39, 0.29) is 5.91 Å². The summed E-state index contributed by atoms with van der Waals surface area (Å²) in [6.45, 7) is 1.04. The van der Waals surface area contributed by atoms with Crippen LogP contribution < -0.4 is 5.32 Å². The molecule has 1 N–H and O–H groups in total. The molecule has 2 aromatic rings. The Labute approximate surface area is 156 Å². The topological polar surface area (TPSA) is 38.3 Å². The molecule has 3 nitrogen and oxygen atoms in total. The van der Waals surface area contributed by atoms with Crippen LogP contribution in [0.5, 0.6) is 0 Å². The highest BCUT2D eigenvalue weighted by atomic mass is 35.5. The molecule has 128 valence electrons. The lowest BCUT2D eigenvalue weighted by atomic mass is 10.1. The van der Waals surface area contributed by atoms with Crippen LogP contribution in [0.25, 0.3) is 0 Å². The normalized spacial score (nSPS) is 10.6. The van der Waals surface area contributed by atoms with Crippen LogP contribution in [0.4, 0.5) is 0 Å². The van der Waals surface area contributed by atoms with E-state index in [1.54, 1.807) is 19.2 Å². The first kappa shape index (κ1) is 19.1. The lowest BCUT2D eigenvalue weighted by Crippen LogP contribution is -2.25. The Hall–Kier alpha value is -1.20. The molecule has 0 atom stereocenters. The van der Waals surface area contributed by atoms with E-state index in [0.29, 0.717) is 34.7 Å². The van der Waals surface area contributed by atoms with Crippen molar-refractivity contribution in [2.45, 2.75) is 18.9 Å². The summed E-state index contributed by atoms with van der Waals surface area (Å²) in [5, 5.41) is 4.18. The molecule has 2 rings (SSSR count). The molecule has 0 unspecified atom stereocenters. The molecule has 0 spiro atoms. The van der Waals surface area contributed by atoms with Crippen molar-refractivity contribution in [3.05, 3.63) is 69.2 Å². The summed E-state index contributed by atoms with van der Waals surface area (Å²) in [5.41, 5.74) is 3.13. The zero-order chi connectivity index (χ0) is 17.4. The van der Waals surface area contributed by atoms with Gasteiger partial charge in [0.05, 0.1) is 12.4 Å². The Morgan fingerprint density at radius 2 is 1.88 bits per heavy atom. The standard InChI is InChI=1S/C18H19Cl2NO2S/c1-23-10-14-5-3-2-4-13(14)9-21-18(22)12-24-11-15-6-7-16(19)8-17(15)20/h2-8H,9-12H2,1H3,(H,21,22). The Morgan fingerprint density at radius 1 is 1.12 bits per heavy atom.